The van der Waals surface area contributed by atoms with Crippen LogP contribution in [-0.2, 0) is 12.8 Å². The minimum Gasteiger partial charge on any atom is -0.454 e. The van der Waals surface area contributed by atoms with Gasteiger partial charge in [0.1, 0.15) is 0 Å². The van der Waals surface area contributed by atoms with E-state index < -0.39 is 0 Å². The monoisotopic (exact) mass is 241 g/mol. The highest BCUT2D eigenvalue weighted by Gasteiger charge is 2.12. The zero-order valence-electron chi connectivity index (χ0n) is 10.1. The largest absolute Gasteiger partial charge is 0.454 e. The Labute approximate surface area is 106 Å². The number of hydrogen-bond acceptors (Lipinski definition) is 3. The molecule has 2 aromatic rings. The molecule has 0 saturated carbocycles. The molecule has 1 aliphatic rings. The second-order valence-corrected chi connectivity index (χ2v) is 4.43. The van der Waals surface area contributed by atoms with Crippen molar-refractivity contribution in [3.05, 3.63) is 53.6 Å². The minimum absolute atomic E-state index is 0.330. The first-order chi connectivity index (χ1) is 8.81. The normalized spacial score (nSPS) is 12.7. The number of nitrogen functional groups attached to an aromatic ring is 1. The van der Waals surface area contributed by atoms with Gasteiger partial charge in [0.15, 0.2) is 11.5 Å². The molecule has 0 aromatic heterocycles. The first kappa shape index (κ1) is 11.0. The first-order valence-electron chi connectivity index (χ1n) is 6.04. The van der Waals surface area contributed by atoms with Crippen LogP contribution < -0.4 is 15.2 Å². The zero-order valence-corrected chi connectivity index (χ0v) is 10.1. The van der Waals surface area contributed by atoms with Gasteiger partial charge in [-0.3, -0.25) is 0 Å². The molecular formula is C15H15NO2. The molecule has 2 aromatic carbocycles. The van der Waals surface area contributed by atoms with Gasteiger partial charge in [0.05, 0.1) is 0 Å². The Morgan fingerprint density at radius 1 is 0.833 bits per heavy atom. The van der Waals surface area contributed by atoms with Crippen LogP contribution in [0.15, 0.2) is 42.5 Å². The van der Waals surface area contributed by atoms with Crippen LogP contribution in [0.1, 0.15) is 11.1 Å². The molecule has 0 fully saturated rings. The van der Waals surface area contributed by atoms with Crippen LogP contribution in [0.2, 0.25) is 0 Å². The van der Waals surface area contributed by atoms with Crippen molar-refractivity contribution in [2.45, 2.75) is 12.8 Å². The van der Waals surface area contributed by atoms with Gasteiger partial charge in [-0.05, 0) is 48.2 Å². The number of fused-ring (bicyclic) bond motifs is 1. The van der Waals surface area contributed by atoms with Gasteiger partial charge < -0.3 is 15.2 Å². The molecule has 0 saturated heterocycles. The third kappa shape index (κ3) is 2.25. The second-order valence-electron chi connectivity index (χ2n) is 4.43. The van der Waals surface area contributed by atoms with Gasteiger partial charge in [-0.1, -0.05) is 18.2 Å². The minimum atomic E-state index is 0.330. The third-order valence-corrected chi connectivity index (χ3v) is 3.12. The molecule has 3 nitrogen and oxygen atoms in total. The summed E-state index contributed by atoms with van der Waals surface area (Å²) in [5.74, 6) is 1.69. The SMILES string of the molecule is Nc1ccc(CCc2ccc3c(c2)OCO3)cc1. The predicted molar refractivity (Wildman–Crippen MR) is 70.8 cm³/mol. The molecule has 0 unspecified atom stereocenters. The maximum Gasteiger partial charge on any atom is 0.231 e. The smallest absolute Gasteiger partial charge is 0.231 e. The van der Waals surface area contributed by atoms with Crippen molar-refractivity contribution in [2.75, 3.05) is 12.5 Å². The van der Waals surface area contributed by atoms with Gasteiger partial charge in [-0.15, -0.1) is 0 Å². The third-order valence-electron chi connectivity index (χ3n) is 3.12. The summed E-state index contributed by atoms with van der Waals surface area (Å²) >= 11 is 0. The van der Waals surface area contributed by atoms with Crippen molar-refractivity contribution in [3.63, 3.8) is 0 Å². The molecule has 0 bridgehead atoms. The van der Waals surface area contributed by atoms with E-state index in [1.165, 1.54) is 11.1 Å². The quantitative estimate of drug-likeness (QED) is 0.840. The number of hydrogen-bond donors (Lipinski definition) is 1. The molecule has 92 valence electrons. The molecule has 3 heteroatoms. The van der Waals surface area contributed by atoms with Crippen molar-refractivity contribution in [1.82, 2.24) is 0 Å². The molecule has 0 amide bonds. The molecule has 0 radical (unpaired) electrons. The maximum absolute atomic E-state index is 5.66. The Morgan fingerprint density at radius 3 is 2.33 bits per heavy atom. The lowest BCUT2D eigenvalue weighted by molar-refractivity contribution is 0.174. The predicted octanol–water partition coefficient (Wildman–Crippen LogP) is 2.78. The highest BCUT2D eigenvalue weighted by molar-refractivity contribution is 5.45. The van der Waals surface area contributed by atoms with Crippen LogP contribution in [0.4, 0.5) is 5.69 Å². The van der Waals surface area contributed by atoms with Crippen LogP contribution in [-0.4, -0.2) is 6.79 Å². The van der Waals surface area contributed by atoms with Crippen LogP contribution in [0.5, 0.6) is 11.5 Å². The summed E-state index contributed by atoms with van der Waals surface area (Å²) in [4.78, 5) is 0. The summed E-state index contributed by atoms with van der Waals surface area (Å²) < 4.78 is 10.7. The summed E-state index contributed by atoms with van der Waals surface area (Å²) in [6, 6.07) is 14.1. The first-order valence-corrected chi connectivity index (χ1v) is 6.04. The molecule has 0 spiro atoms. The standard InChI is InChI=1S/C15H15NO2/c16-13-6-3-11(4-7-13)1-2-12-5-8-14-15(9-12)18-10-17-14/h3-9H,1-2,10,16H2. The van der Waals surface area contributed by atoms with Crippen LogP contribution in [0.3, 0.4) is 0 Å². The molecule has 18 heavy (non-hydrogen) atoms. The maximum atomic E-state index is 5.66. The molecule has 0 aliphatic carbocycles. The molecule has 1 aliphatic heterocycles. The number of ether oxygens (including phenoxy) is 2. The van der Waals surface area contributed by atoms with E-state index in [-0.39, 0.29) is 0 Å². The number of rotatable bonds is 3. The highest BCUT2D eigenvalue weighted by Crippen LogP contribution is 2.32. The molecular weight excluding hydrogens is 226 g/mol. The molecule has 0 atom stereocenters. The van der Waals surface area contributed by atoms with E-state index in [2.05, 4.69) is 24.3 Å². The summed E-state index contributed by atoms with van der Waals surface area (Å²) in [5, 5.41) is 0. The van der Waals surface area contributed by atoms with E-state index in [0.29, 0.717) is 6.79 Å². The fourth-order valence-electron chi connectivity index (χ4n) is 2.07. The van der Waals surface area contributed by atoms with Crippen molar-refractivity contribution in [3.8, 4) is 11.5 Å². The van der Waals surface area contributed by atoms with Crippen molar-refractivity contribution < 1.29 is 9.47 Å². The van der Waals surface area contributed by atoms with E-state index in [9.17, 15) is 0 Å². The number of aryl methyl sites for hydroxylation is 2. The number of anilines is 1. The van der Waals surface area contributed by atoms with E-state index in [4.69, 9.17) is 15.2 Å². The van der Waals surface area contributed by atoms with Gasteiger partial charge >= 0.3 is 0 Å². The Balaban J connectivity index is 1.68. The Hall–Kier alpha value is -2.16. The van der Waals surface area contributed by atoms with Gasteiger partial charge in [-0.25, -0.2) is 0 Å². The van der Waals surface area contributed by atoms with E-state index >= 15 is 0 Å². The van der Waals surface area contributed by atoms with Crippen LogP contribution in [0, 0.1) is 0 Å². The van der Waals surface area contributed by atoms with Crippen molar-refractivity contribution in [1.29, 1.82) is 0 Å². The van der Waals surface area contributed by atoms with Gasteiger partial charge in [0.2, 0.25) is 6.79 Å². The van der Waals surface area contributed by atoms with Gasteiger partial charge in [-0.2, -0.15) is 0 Å². The topological polar surface area (TPSA) is 44.5 Å². The summed E-state index contributed by atoms with van der Waals surface area (Å²) in [6.45, 7) is 0.330. The lowest BCUT2D eigenvalue weighted by Crippen LogP contribution is -1.93. The molecule has 3 rings (SSSR count). The molecule has 1 heterocycles. The fraction of sp³-hybridized carbons (Fsp3) is 0.200. The zero-order chi connectivity index (χ0) is 12.4. The van der Waals surface area contributed by atoms with Crippen LogP contribution in [0.25, 0.3) is 0 Å². The van der Waals surface area contributed by atoms with Gasteiger partial charge in [0, 0.05) is 5.69 Å². The summed E-state index contributed by atoms with van der Waals surface area (Å²) in [7, 11) is 0. The Morgan fingerprint density at radius 2 is 1.50 bits per heavy atom. The van der Waals surface area contributed by atoms with Crippen molar-refractivity contribution in [2.24, 2.45) is 0 Å². The number of benzene rings is 2. The lowest BCUT2D eigenvalue weighted by Gasteiger charge is -2.04. The fourth-order valence-corrected chi connectivity index (χ4v) is 2.07. The average molecular weight is 241 g/mol. The van der Waals surface area contributed by atoms with E-state index in [0.717, 1.165) is 30.0 Å². The Kier molecular flexibility index (Phi) is 2.81. The Bertz CT molecular complexity index is 549. The number of nitrogens with two attached hydrogens (primary N) is 1. The van der Waals surface area contributed by atoms with E-state index in [1.54, 1.807) is 0 Å². The summed E-state index contributed by atoms with van der Waals surface area (Å²) in [6.07, 6.45) is 1.99. The van der Waals surface area contributed by atoms with E-state index in [1.807, 2.05) is 18.2 Å². The molecule has 2 N–H and O–H groups in total. The van der Waals surface area contributed by atoms with Gasteiger partial charge in [0.25, 0.3) is 0 Å². The highest BCUT2D eigenvalue weighted by atomic mass is 16.7. The van der Waals surface area contributed by atoms with Crippen LogP contribution >= 0.6 is 0 Å². The lowest BCUT2D eigenvalue weighted by atomic mass is 10.0. The van der Waals surface area contributed by atoms with Crippen molar-refractivity contribution >= 4 is 5.69 Å². The second kappa shape index (κ2) is 4.61. The summed E-state index contributed by atoms with van der Waals surface area (Å²) in [5.41, 5.74) is 9.03. The average Bonchev–Trinajstić information content (AvgIpc) is 2.85.